The van der Waals surface area contributed by atoms with Crippen LogP contribution >= 0.6 is 15.9 Å². The number of rotatable bonds is 5. The first-order chi connectivity index (χ1) is 8.40. The second-order valence-corrected chi connectivity index (χ2v) is 5.50. The summed E-state index contributed by atoms with van der Waals surface area (Å²) in [5.74, 6) is -0.201. The standard InChI is InChI=1S/C13H19BrN2O2/c1-13(2,9-4-6-10(14)7-5-9)16-12(17)11(8-15)18-3/h4-7,11H,8,15H2,1-3H3,(H,16,17). The van der Waals surface area contributed by atoms with Gasteiger partial charge < -0.3 is 15.8 Å². The molecule has 100 valence electrons. The van der Waals surface area contributed by atoms with Crippen molar-refractivity contribution in [2.75, 3.05) is 13.7 Å². The molecule has 0 aliphatic heterocycles. The van der Waals surface area contributed by atoms with Crippen molar-refractivity contribution in [3.05, 3.63) is 34.3 Å². The quantitative estimate of drug-likeness (QED) is 0.870. The molecule has 5 heteroatoms. The van der Waals surface area contributed by atoms with E-state index in [9.17, 15) is 4.79 Å². The Hall–Kier alpha value is -0.910. The molecule has 1 rings (SSSR count). The number of hydrogen-bond acceptors (Lipinski definition) is 3. The number of amides is 1. The summed E-state index contributed by atoms with van der Waals surface area (Å²) in [6, 6.07) is 7.82. The van der Waals surface area contributed by atoms with Crippen LogP contribution < -0.4 is 11.1 Å². The highest BCUT2D eigenvalue weighted by atomic mass is 79.9. The highest BCUT2D eigenvalue weighted by molar-refractivity contribution is 9.10. The lowest BCUT2D eigenvalue weighted by Crippen LogP contribution is -2.48. The van der Waals surface area contributed by atoms with Gasteiger partial charge in [0.15, 0.2) is 0 Å². The van der Waals surface area contributed by atoms with Gasteiger partial charge in [0.1, 0.15) is 6.10 Å². The maximum Gasteiger partial charge on any atom is 0.251 e. The average molecular weight is 315 g/mol. The van der Waals surface area contributed by atoms with Crippen LogP contribution in [0.25, 0.3) is 0 Å². The first kappa shape index (κ1) is 15.1. The largest absolute Gasteiger partial charge is 0.370 e. The van der Waals surface area contributed by atoms with Crippen molar-refractivity contribution in [2.45, 2.75) is 25.5 Å². The summed E-state index contributed by atoms with van der Waals surface area (Å²) in [6.07, 6.45) is -0.611. The van der Waals surface area contributed by atoms with E-state index in [1.165, 1.54) is 7.11 Å². The Balaban J connectivity index is 2.81. The highest BCUT2D eigenvalue weighted by Crippen LogP contribution is 2.22. The molecule has 0 radical (unpaired) electrons. The Bertz CT molecular complexity index is 400. The topological polar surface area (TPSA) is 64.3 Å². The second-order valence-electron chi connectivity index (χ2n) is 4.58. The van der Waals surface area contributed by atoms with E-state index >= 15 is 0 Å². The van der Waals surface area contributed by atoms with Crippen LogP contribution in [0, 0.1) is 0 Å². The lowest BCUT2D eigenvalue weighted by atomic mass is 9.94. The Morgan fingerprint density at radius 3 is 2.44 bits per heavy atom. The zero-order chi connectivity index (χ0) is 13.8. The molecule has 0 spiro atoms. The van der Waals surface area contributed by atoms with Crippen LogP contribution in [0.15, 0.2) is 28.7 Å². The van der Waals surface area contributed by atoms with Gasteiger partial charge in [-0.1, -0.05) is 28.1 Å². The lowest BCUT2D eigenvalue weighted by molar-refractivity contribution is -0.132. The summed E-state index contributed by atoms with van der Waals surface area (Å²) in [4.78, 5) is 11.9. The molecular weight excluding hydrogens is 296 g/mol. The minimum atomic E-state index is -0.611. The van der Waals surface area contributed by atoms with Gasteiger partial charge in [0, 0.05) is 18.1 Å². The summed E-state index contributed by atoms with van der Waals surface area (Å²) in [5.41, 5.74) is 6.02. The average Bonchev–Trinajstić information content (AvgIpc) is 2.30. The molecule has 0 aromatic heterocycles. The molecule has 18 heavy (non-hydrogen) atoms. The molecule has 0 fully saturated rings. The molecule has 0 saturated carbocycles. The van der Waals surface area contributed by atoms with E-state index in [1.54, 1.807) is 0 Å². The SMILES string of the molecule is COC(CN)C(=O)NC(C)(C)c1ccc(Br)cc1. The summed E-state index contributed by atoms with van der Waals surface area (Å²) in [6.45, 7) is 4.05. The van der Waals surface area contributed by atoms with Gasteiger partial charge in [-0.05, 0) is 31.5 Å². The number of ether oxygens (including phenoxy) is 1. The van der Waals surface area contributed by atoms with E-state index in [2.05, 4.69) is 21.2 Å². The predicted molar refractivity (Wildman–Crippen MR) is 75.2 cm³/mol. The number of hydrogen-bond donors (Lipinski definition) is 2. The van der Waals surface area contributed by atoms with Crippen LogP contribution in [0.1, 0.15) is 19.4 Å². The van der Waals surface area contributed by atoms with Gasteiger partial charge in [-0.3, -0.25) is 4.79 Å². The van der Waals surface area contributed by atoms with Gasteiger partial charge >= 0.3 is 0 Å². The first-order valence-corrected chi connectivity index (χ1v) is 6.51. The lowest BCUT2D eigenvalue weighted by Gasteiger charge is -2.28. The normalized spacial score (nSPS) is 13.2. The Labute approximate surface area is 116 Å². The summed E-state index contributed by atoms with van der Waals surface area (Å²) >= 11 is 3.38. The molecule has 1 atom stereocenters. The third kappa shape index (κ3) is 3.80. The van der Waals surface area contributed by atoms with Gasteiger partial charge in [-0.15, -0.1) is 0 Å². The van der Waals surface area contributed by atoms with Crippen molar-refractivity contribution in [3.8, 4) is 0 Å². The Morgan fingerprint density at radius 1 is 1.44 bits per heavy atom. The minimum absolute atomic E-state index is 0.165. The molecule has 0 saturated heterocycles. The number of carbonyl (C=O) groups is 1. The Kier molecular flexibility index (Phi) is 5.31. The molecule has 0 aliphatic rings. The zero-order valence-electron chi connectivity index (χ0n) is 10.9. The molecule has 1 unspecified atom stereocenters. The maximum atomic E-state index is 11.9. The fourth-order valence-corrected chi connectivity index (χ4v) is 1.90. The predicted octanol–water partition coefficient (Wildman–Crippen LogP) is 1.77. The van der Waals surface area contributed by atoms with Crippen molar-refractivity contribution in [1.29, 1.82) is 0 Å². The Morgan fingerprint density at radius 2 is 2.00 bits per heavy atom. The van der Waals surface area contributed by atoms with Crippen LogP contribution in [-0.2, 0) is 15.1 Å². The number of halogens is 1. The van der Waals surface area contributed by atoms with E-state index in [4.69, 9.17) is 10.5 Å². The van der Waals surface area contributed by atoms with Crippen molar-refractivity contribution in [1.82, 2.24) is 5.32 Å². The van der Waals surface area contributed by atoms with Crippen molar-refractivity contribution in [3.63, 3.8) is 0 Å². The molecular formula is C13H19BrN2O2. The third-order valence-electron chi connectivity index (χ3n) is 2.79. The van der Waals surface area contributed by atoms with Crippen LogP contribution in [0.3, 0.4) is 0 Å². The van der Waals surface area contributed by atoms with E-state index in [1.807, 2.05) is 38.1 Å². The number of nitrogens with one attached hydrogen (secondary N) is 1. The molecule has 0 bridgehead atoms. The number of carbonyl (C=O) groups excluding carboxylic acids is 1. The van der Waals surface area contributed by atoms with Crippen LogP contribution in [0.2, 0.25) is 0 Å². The molecule has 3 N–H and O–H groups in total. The van der Waals surface area contributed by atoms with E-state index in [-0.39, 0.29) is 12.5 Å². The summed E-state index contributed by atoms with van der Waals surface area (Å²) in [7, 11) is 1.48. The summed E-state index contributed by atoms with van der Waals surface area (Å²) < 4.78 is 6.02. The van der Waals surface area contributed by atoms with Crippen LogP contribution in [-0.4, -0.2) is 25.7 Å². The monoisotopic (exact) mass is 314 g/mol. The van der Waals surface area contributed by atoms with Crippen molar-refractivity contribution >= 4 is 21.8 Å². The minimum Gasteiger partial charge on any atom is -0.370 e. The zero-order valence-corrected chi connectivity index (χ0v) is 12.5. The maximum absolute atomic E-state index is 11.9. The molecule has 1 aromatic rings. The van der Waals surface area contributed by atoms with Gasteiger partial charge in [-0.25, -0.2) is 0 Å². The number of benzene rings is 1. The van der Waals surface area contributed by atoms with Crippen molar-refractivity contribution < 1.29 is 9.53 Å². The first-order valence-electron chi connectivity index (χ1n) is 5.71. The molecule has 1 aromatic carbocycles. The van der Waals surface area contributed by atoms with E-state index in [0.29, 0.717) is 0 Å². The highest BCUT2D eigenvalue weighted by Gasteiger charge is 2.26. The molecule has 0 aliphatic carbocycles. The van der Waals surface area contributed by atoms with Gasteiger partial charge in [0.05, 0.1) is 5.54 Å². The number of nitrogens with two attached hydrogens (primary N) is 1. The molecule has 4 nitrogen and oxygen atoms in total. The van der Waals surface area contributed by atoms with Gasteiger partial charge in [0.25, 0.3) is 5.91 Å². The smallest absolute Gasteiger partial charge is 0.251 e. The molecule has 0 heterocycles. The second kappa shape index (κ2) is 6.31. The fraction of sp³-hybridized carbons (Fsp3) is 0.462. The molecule has 1 amide bonds. The third-order valence-corrected chi connectivity index (χ3v) is 3.32. The fourth-order valence-electron chi connectivity index (χ4n) is 1.64. The number of methoxy groups -OCH3 is 1. The van der Waals surface area contributed by atoms with Gasteiger partial charge in [-0.2, -0.15) is 0 Å². The summed E-state index contributed by atoms with van der Waals surface area (Å²) in [5, 5.41) is 2.93. The van der Waals surface area contributed by atoms with Crippen LogP contribution in [0.4, 0.5) is 0 Å². The van der Waals surface area contributed by atoms with E-state index in [0.717, 1.165) is 10.0 Å². The van der Waals surface area contributed by atoms with E-state index < -0.39 is 11.6 Å². The van der Waals surface area contributed by atoms with Crippen LogP contribution in [0.5, 0.6) is 0 Å². The van der Waals surface area contributed by atoms with Gasteiger partial charge in [0.2, 0.25) is 0 Å². The van der Waals surface area contributed by atoms with Crippen molar-refractivity contribution in [2.24, 2.45) is 5.73 Å².